The molecule has 9 rings (SSSR count). The molecule has 0 bridgehead atoms. The van der Waals surface area contributed by atoms with Gasteiger partial charge in [0.15, 0.2) is 0 Å². The first-order chi connectivity index (χ1) is 33.7. The van der Waals surface area contributed by atoms with Crippen LogP contribution in [0.4, 0.5) is 34.1 Å². The third kappa shape index (κ3) is 12.2. The van der Waals surface area contributed by atoms with Gasteiger partial charge in [-0.2, -0.15) is 0 Å². The lowest BCUT2D eigenvalue weighted by Gasteiger charge is -2.25. The van der Waals surface area contributed by atoms with E-state index in [0.717, 1.165) is 67.5 Å². The summed E-state index contributed by atoms with van der Waals surface area (Å²) >= 11 is 0. The van der Waals surface area contributed by atoms with Gasteiger partial charge in [-0.15, -0.1) is 0 Å². The van der Waals surface area contributed by atoms with Gasteiger partial charge in [-0.3, -0.25) is 0 Å². The summed E-state index contributed by atoms with van der Waals surface area (Å²) in [5.41, 5.74) is 15.9. The highest BCUT2D eigenvalue weighted by Gasteiger charge is 2.13. The first-order valence-electron chi connectivity index (χ1n) is 23.1. The van der Waals surface area contributed by atoms with Crippen LogP contribution in [0.15, 0.2) is 267 Å². The van der Waals surface area contributed by atoms with Crippen LogP contribution in [0.3, 0.4) is 0 Å². The zero-order valence-corrected chi connectivity index (χ0v) is 37.9. The minimum Gasteiger partial charge on any atom is -0.311 e. The molecule has 2 nitrogen and oxygen atoms in total. The zero-order valence-electron chi connectivity index (χ0n) is 37.9. The van der Waals surface area contributed by atoms with Gasteiger partial charge < -0.3 is 9.80 Å². The summed E-state index contributed by atoms with van der Waals surface area (Å²) in [6.07, 6.45) is 25.5. The van der Waals surface area contributed by atoms with Gasteiger partial charge in [0.25, 0.3) is 0 Å². The number of para-hydroxylation sites is 2. The van der Waals surface area contributed by atoms with E-state index >= 15 is 0 Å². The number of rotatable bonds is 16. The Morgan fingerprint density at radius 3 is 0.588 bits per heavy atom. The standard InChI is InChI=1S/C66H52N2/c1-5-17-53(18-6-1)21-13-15-23-55-37-45-63(46-38-55)67(61-25-9-3-10-26-61)65-49-41-59(42-50-65)35-33-57-29-31-58(32-30-57)34-36-60-43-51-66(52-44-60)68(62-27-11-4-12-28-62)64-47-39-56(40-48-64)24-16-14-22-54-19-7-2-8-20-54/h1-52H/b21-13+,22-14+,23-15+,24-16+,35-33+,36-34+. The van der Waals surface area contributed by atoms with E-state index in [4.69, 9.17) is 0 Å². The first kappa shape index (κ1) is 44.2. The van der Waals surface area contributed by atoms with Gasteiger partial charge in [0, 0.05) is 34.1 Å². The minimum absolute atomic E-state index is 1.10. The third-order valence-corrected chi connectivity index (χ3v) is 11.5. The lowest BCUT2D eigenvalue weighted by Crippen LogP contribution is -2.09. The summed E-state index contributed by atoms with van der Waals surface area (Å²) in [7, 11) is 0. The molecule has 0 fully saturated rings. The van der Waals surface area contributed by atoms with Gasteiger partial charge in [0.1, 0.15) is 0 Å². The maximum absolute atomic E-state index is 2.29. The second-order valence-corrected chi connectivity index (χ2v) is 16.3. The molecule has 0 spiro atoms. The molecule has 0 radical (unpaired) electrons. The fraction of sp³-hybridized carbons (Fsp3) is 0. The zero-order chi connectivity index (χ0) is 46.0. The van der Waals surface area contributed by atoms with Gasteiger partial charge in [-0.25, -0.2) is 0 Å². The van der Waals surface area contributed by atoms with E-state index in [2.05, 4.69) is 313 Å². The topological polar surface area (TPSA) is 6.48 Å². The Kier molecular flexibility index (Phi) is 14.8. The Balaban J connectivity index is 0.823. The third-order valence-electron chi connectivity index (χ3n) is 11.5. The van der Waals surface area contributed by atoms with Crippen molar-refractivity contribution in [1.29, 1.82) is 0 Å². The van der Waals surface area contributed by atoms with E-state index in [1.165, 1.54) is 11.1 Å². The van der Waals surface area contributed by atoms with Crippen LogP contribution in [-0.2, 0) is 0 Å². The quantitative estimate of drug-likeness (QED) is 0.0705. The lowest BCUT2D eigenvalue weighted by molar-refractivity contribution is 1.28. The summed E-state index contributed by atoms with van der Waals surface area (Å²) in [5, 5.41) is 0. The SMILES string of the molecule is C(/C=C/c1ccc(N(c2ccccc2)c2ccc(/C=C/c3ccc(/C=C/c4ccc(N(c5ccccc5)c5ccc(/C=C/C=C/c6ccccc6)cc5)cc4)cc3)cc2)cc1)=C\c1ccccc1. The Morgan fingerprint density at radius 2 is 0.338 bits per heavy atom. The van der Waals surface area contributed by atoms with Gasteiger partial charge in [-0.05, 0) is 117 Å². The second kappa shape index (κ2) is 22.8. The highest BCUT2D eigenvalue weighted by Crippen LogP contribution is 2.36. The molecule has 0 aliphatic rings. The van der Waals surface area contributed by atoms with Gasteiger partial charge in [0.2, 0.25) is 0 Å². The van der Waals surface area contributed by atoms with Crippen molar-refractivity contribution in [2.75, 3.05) is 9.80 Å². The molecule has 0 aliphatic carbocycles. The number of benzene rings is 9. The average Bonchev–Trinajstić information content (AvgIpc) is 3.41. The molecule has 0 amide bonds. The molecule has 0 aliphatic heterocycles. The van der Waals surface area contributed by atoms with Crippen LogP contribution in [-0.4, -0.2) is 0 Å². The summed E-state index contributed by atoms with van der Waals surface area (Å²) < 4.78 is 0. The lowest BCUT2D eigenvalue weighted by atomic mass is 10.1. The average molecular weight is 873 g/mol. The molecular formula is C66H52N2. The van der Waals surface area contributed by atoms with Crippen molar-refractivity contribution >= 4 is 82.7 Å². The van der Waals surface area contributed by atoms with Crippen molar-refractivity contribution < 1.29 is 0 Å². The number of hydrogen-bond acceptors (Lipinski definition) is 2. The molecule has 0 N–H and O–H groups in total. The molecule has 68 heavy (non-hydrogen) atoms. The summed E-state index contributed by atoms with van der Waals surface area (Å²) in [6.45, 7) is 0. The number of nitrogens with zero attached hydrogens (tertiary/aromatic N) is 2. The van der Waals surface area contributed by atoms with Crippen LogP contribution in [0, 0.1) is 0 Å². The highest BCUT2D eigenvalue weighted by atomic mass is 15.1. The van der Waals surface area contributed by atoms with Gasteiger partial charge in [-0.1, -0.05) is 243 Å². The van der Waals surface area contributed by atoms with E-state index in [9.17, 15) is 0 Å². The van der Waals surface area contributed by atoms with Crippen LogP contribution >= 0.6 is 0 Å². The van der Waals surface area contributed by atoms with Crippen LogP contribution in [0.25, 0.3) is 48.6 Å². The number of allylic oxidation sites excluding steroid dienone is 4. The molecule has 0 heterocycles. The summed E-state index contributed by atoms with van der Waals surface area (Å²) in [5.74, 6) is 0. The van der Waals surface area contributed by atoms with Crippen molar-refractivity contribution in [3.05, 3.63) is 311 Å². The van der Waals surface area contributed by atoms with Crippen LogP contribution < -0.4 is 9.80 Å². The smallest absolute Gasteiger partial charge is 0.0462 e. The van der Waals surface area contributed by atoms with Crippen molar-refractivity contribution in [3.63, 3.8) is 0 Å². The Labute approximate surface area is 402 Å². The van der Waals surface area contributed by atoms with E-state index < -0.39 is 0 Å². The predicted molar refractivity (Wildman–Crippen MR) is 296 cm³/mol. The Morgan fingerprint density at radius 1 is 0.162 bits per heavy atom. The van der Waals surface area contributed by atoms with E-state index in [1.807, 2.05) is 12.1 Å². The van der Waals surface area contributed by atoms with Crippen LogP contribution in [0.5, 0.6) is 0 Å². The molecule has 0 unspecified atom stereocenters. The fourth-order valence-corrected chi connectivity index (χ4v) is 7.88. The summed E-state index contributed by atoms with van der Waals surface area (Å²) in [4.78, 5) is 4.59. The minimum atomic E-state index is 1.10. The monoisotopic (exact) mass is 872 g/mol. The Hall–Kier alpha value is -8.98. The van der Waals surface area contributed by atoms with E-state index in [0.29, 0.717) is 0 Å². The Bertz CT molecular complexity index is 2910. The van der Waals surface area contributed by atoms with Crippen molar-refractivity contribution in [2.24, 2.45) is 0 Å². The number of anilines is 6. The molecule has 2 heteroatoms. The fourth-order valence-electron chi connectivity index (χ4n) is 7.88. The molecular weight excluding hydrogens is 821 g/mol. The molecule has 326 valence electrons. The number of hydrogen-bond donors (Lipinski definition) is 0. The molecule has 0 saturated heterocycles. The summed E-state index contributed by atoms with van der Waals surface area (Å²) in [6, 6.07) is 85.3. The molecule has 0 saturated carbocycles. The molecule has 0 aromatic heterocycles. The second-order valence-electron chi connectivity index (χ2n) is 16.3. The van der Waals surface area contributed by atoms with E-state index in [-0.39, 0.29) is 0 Å². The predicted octanol–water partition coefficient (Wildman–Crippen LogP) is 18.4. The van der Waals surface area contributed by atoms with Crippen molar-refractivity contribution in [1.82, 2.24) is 0 Å². The van der Waals surface area contributed by atoms with Crippen molar-refractivity contribution in [3.8, 4) is 0 Å². The van der Waals surface area contributed by atoms with Gasteiger partial charge in [0.05, 0.1) is 0 Å². The molecule has 9 aromatic carbocycles. The molecule has 9 aromatic rings. The maximum Gasteiger partial charge on any atom is 0.0462 e. The largest absolute Gasteiger partial charge is 0.311 e. The maximum atomic E-state index is 2.29. The first-order valence-corrected chi connectivity index (χ1v) is 23.1. The van der Waals surface area contributed by atoms with Crippen molar-refractivity contribution in [2.45, 2.75) is 0 Å². The van der Waals surface area contributed by atoms with Gasteiger partial charge >= 0.3 is 0 Å². The highest BCUT2D eigenvalue weighted by molar-refractivity contribution is 5.81. The van der Waals surface area contributed by atoms with E-state index in [1.54, 1.807) is 0 Å². The van der Waals surface area contributed by atoms with Crippen LogP contribution in [0.2, 0.25) is 0 Å². The van der Waals surface area contributed by atoms with Crippen LogP contribution in [0.1, 0.15) is 44.5 Å². The molecule has 0 atom stereocenters. The normalized spacial score (nSPS) is 11.8.